The molecule has 0 aromatic heterocycles. The number of benzene rings is 8. The molecule has 0 saturated heterocycles. The summed E-state index contributed by atoms with van der Waals surface area (Å²) in [7, 11) is 0. The van der Waals surface area contributed by atoms with Gasteiger partial charge in [0.2, 0.25) is 0 Å². The van der Waals surface area contributed by atoms with Crippen molar-refractivity contribution >= 4 is 10.8 Å². The Balaban J connectivity index is 0.000000243. The van der Waals surface area contributed by atoms with E-state index in [9.17, 15) is 0 Å². The first kappa shape index (κ1) is 88.9. The number of rotatable bonds is 52. The molecule has 0 spiro atoms. The summed E-state index contributed by atoms with van der Waals surface area (Å²) in [5.74, 6) is 1.88. The number of hydrogen-bond donors (Lipinski definition) is 0. The zero-order valence-electron chi connectivity index (χ0n) is 73.1. The van der Waals surface area contributed by atoms with Gasteiger partial charge in [0, 0.05) is 21.8 Å². The van der Waals surface area contributed by atoms with Gasteiger partial charge < -0.3 is 9.47 Å². The van der Waals surface area contributed by atoms with Crippen LogP contribution in [0.1, 0.15) is 327 Å². The van der Waals surface area contributed by atoms with Crippen LogP contribution in [0.2, 0.25) is 0 Å². The molecule has 0 heterocycles. The van der Waals surface area contributed by atoms with Gasteiger partial charge in [0.25, 0.3) is 0 Å². The van der Waals surface area contributed by atoms with Crippen molar-refractivity contribution in [3.8, 4) is 67.1 Å². The number of hydrogen-bond acceptors (Lipinski definition) is 2. The number of fused-ring (bicyclic) bond motifs is 11. The number of unbranched alkanes of at least 4 members (excludes halogenated alkanes) is 24. The van der Waals surface area contributed by atoms with Gasteiger partial charge in [0.1, 0.15) is 11.5 Å². The molecule has 0 amide bonds. The van der Waals surface area contributed by atoms with Crippen LogP contribution in [-0.4, -0.2) is 13.2 Å². The van der Waals surface area contributed by atoms with E-state index in [1.165, 1.54) is 274 Å². The van der Waals surface area contributed by atoms with Gasteiger partial charge >= 0.3 is 0 Å². The van der Waals surface area contributed by atoms with Crippen molar-refractivity contribution in [3.63, 3.8) is 0 Å². The molecule has 3 aliphatic rings. The third-order valence-corrected chi connectivity index (χ3v) is 25.9. The van der Waals surface area contributed by atoms with Crippen molar-refractivity contribution < 1.29 is 9.47 Å². The first-order valence-electron chi connectivity index (χ1n) is 46.1. The predicted molar refractivity (Wildman–Crippen MR) is 505 cm³/mol. The van der Waals surface area contributed by atoms with E-state index in [-0.39, 0.29) is 16.2 Å². The maximum absolute atomic E-state index is 6.67. The predicted octanol–water partition coefficient (Wildman–Crippen LogP) is 34.5. The number of aryl methyl sites for hydroxylation is 4. The lowest BCUT2D eigenvalue weighted by atomic mass is 9.69. The molecule has 3 aliphatic carbocycles. The normalized spacial score (nSPS) is 13.8. The quantitative estimate of drug-likeness (QED) is 0.0279. The van der Waals surface area contributed by atoms with E-state index in [0.29, 0.717) is 13.2 Å². The van der Waals surface area contributed by atoms with Crippen LogP contribution >= 0.6 is 0 Å². The van der Waals surface area contributed by atoms with Crippen LogP contribution < -0.4 is 9.47 Å². The molecule has 0 radical (unpaired) electrons. The van der Waals surface area contributed by atoms with E-state index < -0.39 is 0 Å². The lowest BCUT2D eigenvalue weighted by molar-refractivity contribution is 0.303. The molecule has 0 bridgehead atoms. The third-order valence-electron chi connectivity index (χ3n) is 25.9. The summed E-state index contributed by atoms with van der Waals surface area (Å²) in [6, 6.07) is 53.3. The summed E-state index contributed by atoms with van der Waals surface area (Å²) >= 11 is 0. The van der Waals surface area contributed by atoms with Crippen molar-refractivity contribution in [1.29, 1.82) is 0 Å². The van der Waals surface area contributed by atoms with Crippen LogP contribution in [0, 0.1) is 27.7 Å². The van der Waals surface area contributed by atoms with Gasteiger partial charge in [0.05, 0.1) is 13.2 Å². The van der Waals surface area contributed by atoms with Crippen LogP contribution in [0.15, 0.2) is 233 Å². The summed E-state index contributed by atoms with van der Waals surface area (Å²) < 4.78 is 13.2. The number of ether oxygens (including phenoxy) is 2. The minimum absolute atomic E-state index is 0.0134. The lowest BCUT2D eigenvalue weighted by Crippen LogP contribution is -2.26. The zero-order chi connectivity index (χ0) is 81.1. The Morgan fingerprint density at radius 1 is 0.278 bits per heavy atom. The van der Waals surface area contributed by atoms with E-state index in [4.69, 9.17) is 9.47 Å². The van der Waals surface area contributed by atoms with E-state index in [2.05, 4.69) is 252 Å². The van der Waals surface area contributed by atoms with Crippen molar-refractivity contribution in [3.05, 3.63) is 288 Å². The molecule has 115 heavy (non-hydrogen) atoms. The van der Waals surface area contributed by atoms with Crippen molar-refractivity contribution in [2.45, 2.75) is 316 Å². The lowest BCUT2D eigenvalue weighted by Gasteiger charge is -2.34. The summed E-state index contributed by atoms with van der Waals surface area (Å²) in [4.78, 5) is 0. The Morgan fingerprint density at radius 2 is 0.617 bits per heavy atom. The molecule has 0 aliphatic heterocycles. The summed E-state index contributed by atoms with van der Waals surface area (Å²) in [5.41, 5.74) is 28.5. The van der Waals surface area contributed by atoms with E-state index in [1.807, 2.05) is 36.5 Å². The minimum atomic E-state index is -0.0214. The van der Waals surface area contributed by atoms with Crippen LogP contribution in [0.4, 0.5) is 0 Å². The van der Waals surface area contributed by atoms with Gasteiger partial charge in [-0.15, -0.1) is 0 Å². The molecule has 610 valence electrons. The van der Waals surface area contributed by atoms with E-state index in [1.54, 1.807) is 16.7 Å². The van der Waals surface area contributed by atoms with Gasteiger partial charge in [-0.3, -0.25) is 0 Å². The summed E-state index contributed by atoms with van der Waals surface area (Å²) in [6.07, 6.45) is 72.0. The highest BCUT2D eigenvalue weighted by atomic mass is 16.5. The standard InChI is InChI=1S/C58H74.C55H72O2/c1-7-11-15-19-23-27-39-58(40-28-24-20-16-12-8-2)54-42-46(6)30-34-50(54)52-36-32-48(44-56(52)58)47-31-35-51-49-33-29-45(5)41-53(49)57(55(51)43-47,37-25-21-17-13-9-3)38-26-22-18-14-10-4;1-7-11-15-19-21-27-35-55(36-28-22-20-16-12-8-2)50-41-45(33-34-48(50)54-47-32-26-25-31-46(47)43(5)39-51(54)55)49-42-52(56-37-29-23-17-13-9-3)44(6)40-53(49)57-38-30-24-18-14-10-4/h9-10,13-14,17-18,29-36,41-44H,3-4,7-8,11-12,15-16,19-28,37-40H2,1-2,5-6H3;9-10,13-14,17-18,25-26,31-34,39-42H,3-4,7-8,11-12,15-16,19-24,27-30,35-38H2,1-2,5-6H3/b17-13-,18-14-;17-13+,18-14+. The highest BCUT2D eigenvalue weighted by Crippen LogP contribution is 2.60. The van der Waals surface area contributed by atoms with Gasteiger partial charge in [0.15, 0.2) is 0 Å². The molecule has 0 atom stereocenters. The average molecular weight is 1540 g/mol. The molecule has 2 nitrogen and oxygen atoms in total. The van der Waals surface area contributed by atoms with Crippen molar-refractivity contribution in [2.24, 2.45) is 0 Å². The first-order chi connectivity index (χ1) is 56.4. The Kier molecular flexibility index (Phi) is 35.9. The molecule has 0 N–H and O–H groups in total. The second-order valence-electron chi connectivity index (χ2n) is 34.4. The fourth-order valence-corrected chi connectivity index (χ4v) is 19.8. The fraction of sp³-hybridized carbons (Fsp3) is 0.451. The first-order valence-corrected chi connectivity index (χ1v) is 46.1. The minimum Gasteiger partial charge on any atom is -0.493 e. The van der Waals surface area contributed by atoms with Crippen LogP contribution in [0.5, 0.6) is 11.5 Å². The fourth-order valence-electron chi connectivity index (χ4n) is 19.8. The number of allylic oxidation sites excluding steroid dienone is 12. The molecule has 0 unspecified atom stereocenters. The van der Waals surface area contributed by atoms with Crippen molar-refractivity contribution in [2.75, 3.05) is 13.2 Å². The maximum atomic E-state index is 6.67. The SMILES string of the molecule is C=C/C=C/CCCOc1cc(-c2ccc3c(c2)C(CCCCCCCC)(CCCCCCCC)c2cc(C)c4ccccc4c2-3)c(OCCC/C=C/C=C)cc1C.C=C/C=C\CCCC1(CCC/C=C\C=C)c2cc(C)ccc2-c2ccc(-c3ccc4c(c3)C(CCCCCCCC)(CCCCCCCC)c3cc(C)ccc3-4)cc21. The largest absolute Gasteiger partial charge is 0.493 e. The zero-order valence-corrected chi connectivity index (χ0v) is 73.1. The highest BCUT2D eigenvalue weighted by molar-refractivity contribution is 6.04. The topological polar surface area (TPSA) is 18.5 Å². The Labute approximate surface area is 700 Å². The van der Waals surface area contributed by atoms with E-state index >= 15 is 0 Å². The molecule has 2 heteroatoms. The van der Waals surface area contributed by atoms with Gasteiger partial charge in [-0.25, -0.2) is 0 Å². The van der Waals surface area contributed by atoms with Gasteiger partial charge in [-0.2, -0.15) is 0 Å². The molecule has 8 aromatic carbocycles. The Bertz CT molecular complexity index is 4490. The maximum Gasteiger partial charge on any atom is 0.127 e. The molecule has 0 fully saturated rings. The van der Waals surface area contributed by atoms with Gasteiger partial charge in [-0.05, 0) is 253 Å². The smallest absolute Gasteiger partial charge is 0.127 e. The Hall–Kier alpha value is -8.46. The van der Waals surface area contributed by atoms with Crippen LogP contribution in [0.3, 0.4) is 0 Å². The van der Waals surface area contributed by atoms with Crippen LogP contribution in [0.25, 0.3) is 66.4 Å². The van der Waals surface area contributed by atoms with Crippen molar-refractivity contribution in [1.82, 2.24) is 0 Å². The summed E-state index contributed by atoms with van der Waals surface area (Å²) in [6.45, 7) is 35.1. The van der Waals surface area contributed by atoms with Gasteiger partial charge in [-0.1, -0.05) is 395 Å². The summed E-state index contributed by atoms with van der Waals surface area (Å²) in [5, 5.41) is 2.78. The monoisotopic (exact) mass is 1540 g/mol. The molecule has 0 saturated carbocycles. The third kappa shape index (κ3) is 22.6. The van der Waals surface area contributed by atoms with Crippen LogP contribution in [-0.2, 0) is 16.2 Å². The second-order valence-corrected chi connectivity index (χ2v) is 34.4. The average Bonchev–Trinajstić information content (AvgIpc) is 1.56. The second kappa shape index (κ2) is 46.5. The molecular formula is C113H146O2. The van der Waals surface area contributed by atoms with E-state index in [0.717, 1.165) is 86.8 Å². The molecule has 11 rings (SSSR count). The highest BCUT2D eigenvalue weighted by Gasteiger charge is 2.46. The molecular weight excluding hydrogens is 1390 g/mol. The molecule has 8 aromatic rings. The Morgan fingerprint density at radius 3 is 1.05 bits per heavy atom.